The molecular formula is C12H9N3O. The number of carbonyl (C=O) groups is 1. The summed E-state index contributed by atoms with van der Waals surface area (Å²) in [7, 11) is 0. The van der Waals surface area contributed by atoms with Gasteiger partial charge in [0.15, 0.2) is 0 Å². The Morgan fingerprint density at radius 3 is 3.00 bits per heavy atom. The van der Waals surface area contributed by atoms with E-state index in [1.54, 1.807) is 18.6 Å². The molecule has 3 rings (SSSR count). The van der Waals surface area contributed by atoms with Crippen LogP contribution in [0.25, 0.3) is 11.1 Å². The van der Waals surface area contributed by atoms with Gasteiger partial charge in [0.05, 0.1) is 6.42 Å². The number of fused-ring (bicyclic) bond motifs is 1. The van der Waals surface area contributed by atoms with Crippen LogP contribution in [0.4, 0.5) is 5.82 Å². The van der Waals surface area contributed by atoms with Crippen LogP contribution < -0.4 is 5.32 Å². The molecule has 0 aliphatic carbocycles. The first kappa shape index (κ1) is 9.03. The Balaban J connectivity index is 2.06. The largest absolute Gasteiger partial charge is 0.310 e. The Labute approximate surface area is 92.4 Å². The van der Waals surface area contributed by atoms with E-state index in [4.69, 9.17) is 0 Å². The van der Waals surface area contributed by atoms with Gasteiger partial charge in [-0.15, -0.1) is 0 Å². The van der Waals surface area contributed by atoms with E-state index in [1.807, 2.05) is 18.2 Å². The molecule has 0 unspecified atom stereocenters. The number of hydrogen-bond acceptors (Lipinski definition) is 3. The van der Waals surface area contributed by atoms with Crippen LogP contribution in [0.3, 0.4) is 0 Å². The molecule has 2 aromatic heterocycles. The van der Waals surface area contributed by atoms with E-state index >= 15 is 0 Å². The van der Waals surface area contributed by atoms with E-state index in [-0.39, 0.29) is 5.91 Å². The van der Waals surface area contributed by atoms with Crippen molar-refractivity contribution in [2.45, 2.75) is 6.42 Å². The highest BCUT2D eigenvalue weighted by molar-refractivity contribution is 5.98. The van der Waals surface area contributed by atoms with E-state index in [2.05, 4.69) is 15.3 Å². The van der Waals surface area contributed by atoms with Crippen molar-refractivity contribution in [1.29, 1.82) is 0 Å². The van der Waals surface area contributed by atoms with E-state index < -0.39 is 0 Å². The molecule has 16 heavy (non-hydrogen) atoms. The van der Waals surface area contributed by atoms with Crippen LogP contribution >= 0.6 is 0 Å². The van der Waals surface area contributed by atoms with E-state index in [9.17, 15) is 4.79 Å². The number of nitrogens with one attached hydrogen (secondary N) is 1. The van der Waals surface area contributed by atoms with Crippen LogP contribution in [0, 0.1) is 0 Å². The summed E-state index contributed by atoms with van der Waals surface area (Å²) in [6.07, 6.45) is 5.68. The molecule has 0 radical (unpaired) electrons. The molecule has 0 atom stereocenters. The number of pyridine rings is 2. The first-order valence-electron chi connectivity index (χ1n) is 5.02. The van der Waals surface area contributed by atoms with Crippen molar-refractivity contribution >= 4 is 11.7 Å². The van der Waals surface area contributed by atoms with Crippen LogP contribution in [0.1, 0.15) is 5.56 Å². The molecule has 1 N–H and O–H groups in total. The number of nitrogens with zero attached hydrogens (tertiary/aromatic N) is 2. The summed E-state index contributed by atoms with van der Waals surface area (Å²) < 4.78 is 0. The maximum Gasteiger partial charge on any atom is 0.230 e. The third-order valence-corrected chi connectivity index (χ3v) is 2.57. The summed E-state index contributed by atoms with van der Waals surface area (Å²) >= 11 is 0. The number of anilines is 1. The lowest BCUT2D eigenvalue weighted by atomic mass is 10.1. The first-order chi connectivity index (χ1) is 7.83. The van der Waals surface area contributed by atoms with Crippen LogP contribution in [-0.2, 0) is 11.2 Å². The Bertz CT molecular complexity index is 551. The van der Waals surface area contributed by atoms with Crippen molar-refractivity contribution in [1.82, 2.24) is 9.97 Å². The second-order valence-corrected chi connectivity index (χ2v) is 3.70. The van der Waals surface area contributed by atoms with Crippen molar-refractivity contribution in [3.63, 3.8) is 0 Å². The quantitative estimate of drug-likeness (QED) is 0.780. The van der Waals surface area contributed by atoms with E-state index in [0.717, 1.165) is 16.7 Å². The van der Waals surface area contributed by atoms with Gasteiger partial charge in [0.2, 0.25) is 5.91 Å². The van der Waals surface area contributed by atoms with Gasteiger partial charge >= 0.3 is 0 Å². The Morgan fingerprint density at radius 1 is 1.25 bits per heavy atom. The van der Waals surface area contributed by atoms with Crippen molar-refractivity contribution in [3.8, 4) is 11.1 Å². The zero-order valence-electron chi connectivity index (χ0n) is 8.47. The van der Waals surface area contributed by atoms with Crippen LogP contribution in [0.5, 0.6) is 0 Å². The van der Waals surface area contributed by atoms with Gasteiger partial charge in [0, 0.05) is 35.3 Å². The molecular weight excluding hydrogens is 202 g/mol. The van der Waals surface area contributed by atoms with Crippen molar-refractivity contribution in [2.75, 3.05) is 5.32 Å². The molecule has 0 fully saturated rings. The van der Waals surface area contributed by atoms with E-state index in [1.165, 1.54) is 0 Å². The minimum Gasteiger partial charge on any atom is -0.310 e. The lowest BCUT2D eigenvalue weighted by Crippen LogP contribution is -2.04. The summed E-state index contributed by atoms with van der Waals surface area (Å²) in [6, 6.07) is 5.84. The molecule has 0 saturated carbocycles. The minimum absolute atomic E-state index is 0.00540. The molecule has 3 heterocycles. The van der Waals surface area contributed by atoms with Gasteiger partial charge in [-0.3, -0.25) is 9.78 Å². The van der Waals surface area contributed by atoms with Crippen LogP contribution in [0.15, 0.2) is 36.8 Å². The summed E-state index contributed by atoms with van der Waals surface area (Å²) in [5.41, 5.74) is 2.95. The topological polar surface area (TPSA) is 54.9 Å². The van der Waals surface area contributed by atoms with Gasteiger partial charge in [-0.1, -0.05) is 6.07 Å². The fourth-order valence-corrected chi connectivity index (χ4v) is 1.80. The number of carbonyl (C=O) groups excluding carboxylic acids is 1. The Morgan fingerprint density at radius 2 is 2.19 bits per heavy atom. The summed E-state index contributed by atoms with van der Waals surface area (Å²) in [4.78, 5) is 19.5. The second-order valence-electron chi connectivity index (χ2n) is 3.70. The zero-order valence-corrected chi connectivity index (χ0v) is 8.47. The average Bonchev–Trinajstić information content (AvgIpc) is 2.69. The van der Waals surface area contributed by atoms with Crippen LogP contribution in [0.2, 0.25) is 0 Å². The van der Waals surface area contributed by atoms with Crippen molar-refractivity contribution < 1.29 is 4.79 Å². The lowest BCUT2D eigenvalue weighted by Gasteiger charge is -2.02. The van der Waals surface area contributed by atoms with Crippen LogP contribution in [-0.4, -0.2) is 15.9 Å². The van der Waals surface area contributed by atoms with Gasteiger partial charge in [-0.25, -0.2) is 4.98 Å². The fourth-order valence-electron chi connectivity index (χ4n) is 1.80. The smallest absolute Gasteiger partial charge is 0.230 e. The highest BCUT2D eigenvalue weighted by Crippen LogP contribution is 2.25. The van der Waals surface area contributed by atoms with Gasteiger partial charge in [0.1, 0.15) is 5.82 Å². The maximum absolute atomic E-state index is 11.2. The predicted octanol–water partition coefficient (Wildman–Crippen LogP) is 1.64. The average molecular weight is 211 g/mol. The molecule has 78 valence electrons. The van der Waals surface area contributed by atoms with Gasteiger partial charge in [-0.2, -0.15) is 0 Å². The normalized spacial score (nSPS) is 13.4. The second kappa shape index (κ2) is 3.41. The number of amides is 1. The first-order valence-corrected chi connectivity index (χ1v) is 5.02. The molecule has 1 aliphatic heterocycles. The minimum atomic E-state index is 0.00540. The number of rotatable bonds is 1. The molecule has 4 nitrogen and oxygen atoms in total. The molecule has 2 aromatic rings. The van der Waals surface area contributed by atoms with Gasteiger partial charge in [-0.05, 0) is 12.1 Å². The Hall–Kier alpha value is -2.23. The van der Waals surface area contributed by atoms with Crippen molar-refractivity contribution in [3.05, 3.63) is 42.4 Å². The zero-order chi connectivity index (χ0) is 11.0. The molecule has 1 aliphatic rings. The van der Waals surface area contributed by atoms with Gasteiger partial charge < -0.3 is 5.32 Å². The number of aromatic nitrogens is 2. The molecule has 0 saturated heterocycles. The third-order valence-electron chi connectivity index (χ3n) is 2.57. The number of hydrogen-bond donors (Lipinski definition) is 1. The molecule has 0 bridgehead atoms. The maximum atomic E-state index is 11.2. The fraction of sp³-hybridized carbons (Fsp3) is 0.0833. The van der Waals surface area contributed by atoms with Crippen molar-refractivity contribution in [2.24, 2.45) is 0 Å². The lowest BCUT2D eigenvalue weighted by molar-refractivity contribution is -0.115. The monoisotopic (exact) mass is 211 g/mol. The van der Waals surface area contributed by atoms with Gasteiger partial charge in [0.25, 0.3) is 0 Å². The summed E-state index contributed by atoms with van der Waals surface area (Å²) in [6.45, 7) is 0. The van der Waals surface area contributed by atoms with E-state index in [0.29, 0.717) is 12.2 Å². The SMILES string of the molecule is O=C1Cc2cc(-c3cccnc3)cnc2N1. The highest BCUT2D eigenvalue weighted by Gasteiger charge is 2.19. The molecule has 4 heteroatoms. The molecule has 0 spiro atoms. The molecule has 1 amide bonds. The third kappa shape index (κ3) is 1.44. The summed E-state index contributed by atoms with van der Waals surface area (Å²) in [5.74, 6) is 0.684. The standard InChI is InChI=1S/C12H9N3O/c16-11-5-9-4-10(7-14-12(9)15-11)8-2-1-3-13-6-8/h1-4,6-7H,5H2,(H,14,15,16). The summed E-state index contributed by atoms with van der Waals surface area (Å²) in [5, 5.41) is 2.71. The molecule has 0 aromatic carbocycles. The highest BCUT2D eigenvalue weighted by atomic mass is 16.1. The Kier molecular flexibility index (Phi) is 1.93. The predicted molar refractivity (Wildman–Crippen MR) is 59.8 cm³/mol.